The van der Waals surface area contributed by atoms with Gasteiger partial charge in [0.2, 0.25) is 0 Å². The molecular formula is C13H13Cl2N3O2S. The summed E-state index contributed by atoms with van der Waals surface area (Å²) in [7, 11) is -2.05. The zero-order valence-electron chi connectivity index (χ0n) is 11.1. The average molecular weight is 346 g/mol. The van der Waals surface area contributed by atoms with Gasteiger partial charge in [-0.25, -0.2) is 8.42 Å². The van der Waals surface area contributed by atoms with Gasteiger partial charge >= 0.3 is 0 Å². The highest BCUT2D eigenvalue weighted by atomic mass is 35.5. The molecule has 1 heterocycles. The summed E-state index contributed by atoms with van der Waals surface area (Å²) < 4.78 is 27.3. The normalized spacial score (nSPS) is 11.4. The van der Waals surface area contributed by atoms with Gasteiger partial charge in [-0.3, -0.25) is 9.71 Å². The van der Waals surface area contributed by atoms with Crippen LogP contribution >= 0.6 is 23.2 Å². The van der Waals surface area contributed by atoms with E-state index in [1.165, 1.54) is 24.5 Å². The van der Waals surface area contributed by atoms with E-state index in [0.717, 1.165) is 0 Å². The van der Waals surface area contributed by atoms with Crippen molar-refractivity contribution in [2.24, 2.45) is 0 Å². The number of halogens is 2. The highest BCUT2D eigenvalue weighted by molar-refractivity contribution is 7.92. The smallest absolute Gasteiger partial charge is 0.263 e. The molecule has 2 rings (SSSR count). The Kier molecular flexibility index (Phi) is 5.05. The summed E-state index contributed by atoms with van der Waals surface area (Å²) in [5, 5.41) is 3.41. The molecule has 0 amide bonds. The van der Waals surface area contributed by atoms with Crippen LogP contribution in [-0.2, 0) is 16.6 Å². The Balaban J connectivity index is 2.42. The first kappa shape index (κ1) is 16.0. The molecule has 0 aliphatic rings. The number of pyridine rings is 1. The Labute approximate surface area is 133 Å². The number of anilines is 1. The first-order valence-electron chi connectivity index (χ1n) is 5.99. The van der Waals surface area contributed by atoms with E-state index in [9.17, 15) is 8.42 Å². The van der Waals surface area contributed by atoms with E-state index in [1.54, 1.807) is 19.2 Å². The molecule has 0 aliphatic heterocycles. The van der Waals surface area contributed by atoms with Gasteiger partial charge in [0, 0.05) is 24.0 Å². The lowest BCUT2D eigenvalue weighted by Crippen LogP contribution is -2.15. The lowest BCUT2D eigenvalue weighted by Gasteiger charge is -2.12. The maximum Gasteiger partial charge on any atom is 0.263 e. The molecule has 1 aromatic heterocycles. The van der Waals surface area contributed by atoms with E-state index in [2.05, 4.69) is 15.0 Å². The minimum Gasteiger partial charge on any atom is -0.316 e. The zero-order chi connectivity index (χ0) is 15.5. The van der Waals surface area contributed by atoms with Gasteiger partial charge in [0.1, 0.15) is 4.90 Å². The van der Waals surface area contributed by atoms with Gasteiger partial charge in [-0.1, -0.05) is 23.2 Å². The molecule has 2 N–H and O–H groups in total. The molecule has 0 radical (unpaired) electrons. The number of hydrogen-bond donors (Lipinski definition) is 2. The lowest BCUT2D eigenvalue weighted by atomic mass is 10.2. The van der Waals surface area contributed by atoms with E-state index in [1.807, 2.05) is 0 Å². The number of hydrogen-bond acceptors (Lipinski definition) is 4. The molecule has 0 unspecified atom stereocenters. The number of nitrogens with zero attached hydrogens (tertiary/aromatic N) is 1. The molecule has 0 fully saturated rings. The molecule has 0 spiro atoms. The van der Waals surface area contributed by atoms with Crippen molar-refractivity contribution in [3.05, 3.63) is 52.3 Å². The molecule has 0 aliphatic carbocycles. The second-order valence-corrected chi connectivity index (χ2v) is 6.71. The van der Waals surface area contributed by atoms with Gasteiger partial charge < -0.3 is 5.32 Å². The first-order chi connectivity index (χ1) is 9.94. The van der Waals surface area contributed by atoms with Gasteiger partial charge in [-0.2, -0.15) is 0 Å². The SMILES string of the molecule is CNCc1cc(S(=O)(=O)Nc2ccncc2)c(Cl)cc1Cl. The van der Waals surface area contributed by atoms with Gasteiger partial charge in [-0.15, -0.1) is 0 Å². The van der Waals surface area contributed by atoms with Crippen LogP contribution in [0.1, 0.15) is 5.56 Å². The van der Waals surface area contributed by atoms with Crippen molar-refractivity contribution in [2.45, 2.75) is 11.4 Å². The highest BCUT2D eigenvalue weighted by Gasteiger charge is 2.20. The summed E-state index contributed by atoms with van der Waals surface area (Å²) in [6.07, 6.45) is 2.99. The molecule has 0 bridgehead atoms. The summed E-state index contributed by atoms with van der Waals surface area (Å²) in [6.45, 7) is 0.438. The fraction of sp³-hybridized carbons (Fsp3) is 0.154. The number of nitrogens with one attached hydrogen (secondary N) is 2. The van der Waals surface area contributed by atoms with Crippen molar-refractivity contribution >= 4 is 38.9 Å². The van der Waals surface area contributed by atoms with E-state index < -0.39 is 10.0 Å². The lowest BCUT2D eigenvalue weighted by molar-refractivity contribution is 0.601. The third-order valence-electron chi connectivity index (χ3n) is 2.69. The quantitative estimate of drug-likeness (QED) is 0.873. The van der Waals surface area contributed by atoms with Crippen molar-refractivity contribution < 1.29 is 8.42 Å². The number of sulfonamides is 1. The number of rotatable bonds is 5. The van der Waals surface area contributed by atoms with Crippen LogP contribution in [0, 0.1) is 0 Å². The average Bonchev–Trinajstić information content (AvgIpc) is 2.42. The molecular weight excluding hydrogens is 333 g/mol. The minimum atomic E-state index is -3.80. The fourth-order valence-electron chi connectivity index (χ4n) is 1.73. The van der Waals surface area contributed by atoms with Gasteiger partial charge in [0.05, 0.1) is 10.7 Å². The van der Waals surface area contributed by atoms with Crippen LogP contribution in [0.25, 0.3) is 0 Å². The van der Waals surface area contributed by atoms with Crippen molar-refractivity contribution in [1.82, 2.24) is 10.3 Å². The molecule has 0 saturated heterocycles. The molecule has 0 saturated carbocycles. The fourth-order valence-corrected chi connectivity index (χ4v) is 3.66. The van der Waals surface area contributed by atoms with Crippen molar-refractivity contribution in [3.8, 4) is 0 Å². The van der Waals surface area contributed by atoms with Gasteiger partial charge in [0.25, 0.3) is 10.0 Å². The molecule has 1 aromatic carbocycles. The second-order valence-electron chi connectivity index (χ2n) is 4.25. The summed E-state index contributed by atoms with van der Waals surface area (Å²) in [6, 6.07) is 5.99. The number of benzene rings is 1. The Morgan fingerprint density at radius 1 is 1.14 bits per heavy atom. The van der Waals surface area contributed by atoms with Crippen LogP contribution in [0.3, 0.4) is 0 Å². The van der Waals surface area contributed by atoms with Crippen LogP contribution in [0.15, 0.2) is 41.6 Å². The van der Waals surface area contributed by atoms with Crippen LogP contribution < -0.4 is 10.0 Å². The first-order valence-corrected chi connectivity index (χ1v) is 8.23. The molecule has 5 nitrogen and oxygen atoms in total. The summed E-state index contributed by atoms with van der Waals surface area (Å²) in [5.74, 6) is 0. The highest BCUT2D eigenvalue weighted by Crippen LogP contribution is 2.29. The van der Waals surface area contributed by atoms with E-state index in [-0.39, 0.29) is 9.92 Å². The molecule has 112 valence electrons. The predicted molar refractivity (Wildman–Crippen MR) is 84.3 cm³/mol. The third kappa shape index (κ3) is 3.85. The Morgan fingerprint density at radius 2 is 1.81 bits per heavy atom. The largest absolute Gasteiger partial charge is 0.316 e. The number of aromatic nitrogens is 1. The van der Waals surface area contributed by atoms with Crippen LogP contribution in [0.2, 0.25) is 10.0 Å². The Bertz CT molecular complexity index is 737. The van der Waals surface area contributed by atoms with Crippen LogP contribution in [0.4, 0.5) is 5.69 Å². The van der Waals surface area contributed by atoms with Crippen molar-refractivity contribution in [3.63, 3.8) is 0 Å². The summed E-state index contributed by atoms with van der Waals surface area (Å²) >= 11 is 12.1. The van der Waals surface area contributed by atoms with E-state index in [4.69, 9.17) is 23.2 Å². The van der Waals surface area contributed by atoms with Crippen molar-refractivity contribution in [1.29, 1.82) is 0 Å². The summed E-state index contributed by atoms with van der Waals surface area (Å²) in [5.41, 5.74) is 1.06. The van der Waals surface area contributed by atoms with E-state index >= 15 is 0 Å². The topological polar surface area (TPSA) is 71.1 Å². The molecule has 2 aromatic rings. The zero-order valence-corrected chi connectivity index (χ0v) is 13.4. The molecule has 21 heavy (non-hydrogen) atoms. The summed E-state index contributed by atoms with van der Waals surface area (Å²) in [4.78, 5) is 3.81. The third-order valence-corrected chi connectivity index (χ3v) is 4.89. The Morgan fingerprint density at radius 3 is 2.43 bits per heavy atom. The second kappa shape index (κ2) is 6.62. The maximum absolute atomic E-state index is 12.4. The van der Waals surface area contributed by atoms with Crippen molar-refractivity contribution in [2.75, 3.05) is 11.8 Å². The van der Waals surface area contributed by atoms with Crippen LogP contribution in [-0.4, -0.2) is 20.4 Å². The molecule has 0 atom stereocenters. The van der Waals surface area contributed by atoms with Gasteiger partial charge in [0.15, 0.2) is 0 Å². The Hall–Kier alpha value is -1.34. The maximum atomic E-state index is 12.4. The van der Waals surface area contributed by atoms with Gasteiger partial charge in [-0.05, 0) is 36.9 Å². The van der Waals surface area contributed by atoms with Crippen LogP contribution in [0.5, 0.6) is 0 Å². The predicted octanol–water partition coefficient (Wildman–Crippen LogP) is 2.91. The standard InChI is InChI=1S/C13H13Cl2N3O2S/c1-16-8-9-6-13(12(15)7-11(9)14)21(19,20)18-10-2-4-17-5-3-10/h2-7,16H,8H2,1H3,(H,17,18). The minimum absolute atomic E-state index is 0.0179. The monoisotopic (exact) mass is 345 g/mol. The molecule has 8 heteroatoms. The van der Waals surface area contributed by atoms with E-state index in [0.29, 0.717) is 22.8 Å².